The molecule has 0 heterocycles. The molecule has 5 heteroatoms. The van der Waals surface area contributed by atoms with Gasteiger partial charge in [0.25, 0.3) is 5.91 Å². The van der Waals surface area contributed by atoms with Crippen LogP contribution in [0.4, 0.5) is 0 Å². The van der Waals surface area contributed by atoms with Crippen LogP contribution in [0.15, 0.2) is 59.5 Å². The summed E-state index contributed by atoms with van der Waals surface area (Å²) >= 11 is 1.61. The van der Waals surface area contributed by atoms with Gasteiger partial charge in [-0.05, 0) is 17.7 Å². The number of amides is 1. The molecule has 0 aliphatic rings. The zero-order valence-electron chi connectivity index (χ0n) is 13.7. The van der Waals surface area contributed by atoms with Gasteiger partial charge in [0.05, 0.1) is 11.5 Å². The summed E-state index contributed by atoms with van der Waals surface area (Å²) in [6, 6.07) is 16.3. The van der Waals surface area contributed by atoms with Gasteiger partial charge in [0.1, 0.15) is 0 Å². The minimum absolute atomic E-state index is 0.0544. The molecule has 2 aromatic rings. The zero-order chi connectivity index (χ0) is 17.5. The third-order valence-electron chi connectivity index (χ3n) is 3.46. The Morgan fingerprint density at radius 2 is 1.67 bits per heavy atom. The molecule has 24 heavy (non-hydrogen) atoms. The van der Waals surface area contributed by atoms with Crippen molar-refractivity contribution in [3.8, 4) is 0 Å². The van der Waals surface area contributed by atoms with Crippen LogP contribution < -0.4 is 5.32 Å². The molecule has 0 spiro atoms. The number of rotatable bonds is 7. The molecule has 0 saturated carbocycles. The molecule has 0 radical (unpaired) electrons. The highest BCUT2D eigenvalue weighted by Crippen LogP contribution is 2.26. The number of carbonyl (C=O) groups is 2. The molecule has 2 aromatic carbocycles. The monoisotopic (exact) mass is 343 g/mol. The van der Waals surface area contributed by atoms with Crippen molar-refractivity contribution >= 4 is 23.6 Å². The average Bonchev–Trinajstić information content (AvgIpc) is 2.55. The summed E-state index contributed by atoms with van der Waals surface area (Å²) in [5, 5.41) is 12.5. The number of hydrogen-bond donors (Lipinski definition) is 2. The Morgan fingerprint density at radius 1 is 1.04 bits per heavy atom. The second kappa shape index (κ2) is 8.55. The lowest BCUT2D eigenvalue weighted by Gasteiger charge is -2.15. The van der Waals surface area contributed by atoms with E-state index in [2.05, 4.69) is 19.2 Å². The average molecular weight is 343 g/mol. The van der Waals surface area contributed by atoms with Gasteiger partial charge in [-0.3, -0.25) is 9.59 Å². The summed E-state index contributed by atoms with van der Waals surface area (Å²) in [4.78, 5) is 24.9. The molecule has 126 valence electrons. The van der Waals surface area contributed by atoms with Crippen LogP contribution in [0.5, 0.6) is 0 Å². The summed E-state index contributed by atoms with van der Waals surface area (Å²) in [5.74, 6) is -1.97. The molecule has 0 saturated heterocycles. The second-order valence-electron chi connectivity index (χ2n) is 5.67. The Labute approximate surface area is 146 Å². The molecule has 0 bridgehead atoms. The Balaban J connectivity index is 2.11. The lowest BCUT2D eigenvalue weighted by atomic mass is 9.99. The smallest absolute Gasteiger partial charge is 0.312 e. The van der Waals surface area contributed by atoms with Gasteiger partial charge in [-0.1, -0.05) is 56.3 Å². The maximum atomic E-state index is 12.5. The lowest BCUT2D eigenvalue weighted by molar-refractivity contribution is -0.138. The van der Waals surface area contributed by atoms with Crippen molar-refractivity contribution in [1.82, 2.24) is 5.32 Å². The van der Waals surface area contributed by atoms with E-state index in [1.54, 1.807) is 42.1 Å². The summed E-state index contributed by atoms with van der Waals surface area (Å²) in [5.41, 5.74) is 1.25. The number of carbonyl (C=O) groups excluding carboxylic acids is 1. The summed E-state index contributed by atoms with van der Waals surface area (Å²) in [6.07, 6.45) is 0. The molecule has 2 N–H and O–H groups in total. The van der Waals surface area contributed by atoms with Gasteiger partial charge in [0.2, 0.25) is 0 Å². The largest absolute Gasteiger partial charge is 0.481 e. The number of nitrogens with one attached hydrogen (secondary N) is 1. The molecule has 4 nitrogen and oxygen atoms in total. The standard InChI is InChI=1S/C19H21NO3S/c1-13(2)24-17-11-7-6-10-15(17)18(21)20-12-16(19(22)23)14-8-4-3-5-9-14/h3-11,13,16H,12H2,1-2H3,(H,20,21)(H,22,23). The van der Waals surface area contributed by atoms with Crippen LogP contribution in [-0.2, 0) is 4.79 Å². The Bertz CT molecular complexity index is 701. The first-order valence-electron chi connectivity index (χ1n) is 7.80. The molecule has 0 aromatic heterocycles. The van der Waals surface area contributed by atoms with Crippen molar-refractivity contribution in [2.24, 2.45) is 0 Å². The summed E-state index contributed by atoms with van der Waals surface area (Å²) < 4.78 is 0. The van der Waals surface area contributed by atoms with E-state index in [9.17, 15) is 14.7 Å². The van der Waals surface area contributed by atoms with Crippen LogP contribution in [-0.4, -0.2) is 28.8 Å². The van der Waals surface area contributed by atoms with Gasteiger partial charge in [-0.15, -0.1) is 11.8 Å². The van der Waals surface area contributed by atoms with Crippen molar-refractivity contribution in [3.63, 3.8) is 0 Å². The fourth-order valence-corrected chi connectivity index (χ4v) is 3.29. The van der Waals surface area contributed by atoms with Crippen molar-refractivity contribution in [2.45, 2.75) is 29.9 Å². The molecule has 1 amide bonds. The van der Waals surface area contributed by atoms with E-state index in [0.717, 1.165) is 4.90 Å². The zero-order valence-corrected chi connectivity index (χ0v) is 14.5. The van der Waals surface area contributed by atoms with Crippen molar-refractivity contribution in [1.29, 1.82) is 0 Å². The number of carboxylic acids is 1. The Morgan fingerprint density at radius 3 is 2.29 bits per heavy atom. The number of hydrogen-bond acceptors (Lipinski definition) is 3. The first-order valence-corrected chi connectivity index (χ1v) is 8.68. The topological polar surface area (TPSA) is 66.4 Å². The maximum absolute atomic E-state index is 12.5. The van der Waals surface area contributed by atoms with Gasteiger partial charge in [-0.25, -0.2) is 0 Å². The molecule has 0 aliphatic heterocycles. The minimum Gasteiger partial charge on any atom is -0.481 e. The normalized spacial score (nSPS) is 12.0. The predicted octanol–water partition coefficient (Wildman–Crippen LogP) is 3.79. The number of thioether (sulfide) groups is 1. The van der Waals surface area contributed by atoms with Crippen LogP contribution in [0.1, 0.15) is 35.7 Å². The highest BCUT2D eigenvalue weighted by molar-refractivity contribution is 8.00. The van der Waals surface area contributed by atoms with Gasteiger partial charge in [-0.2, -0.15) is 0 Å². The Hall–Kier alpha value is -2.27. The third kappa shape index (κ3) is 4.86. The van der Waals surface area contributed by atoms with E-state index in [0.29, 0.717) is 16.4 Å². The molecule has 0 aliphatic carbocycles. The molecule has 2 rings (SSSR count). The van der Waals surface area contributed by atoms with Crippen molar-refractivity contribution < 1.29 is 14.7 Å². The quantitative estimate of drug-likeness (QED) is 0.751. The first kappa shape index (κ1) is 18.1. The fraction of sp³-hybridized carbons (Fsp3) is 0.263. The van der Waals surface area contributed by atoms with E-state index < -0.39 is 11.9 Å². The van der Waals surface area contributed by atoms with Gasteiger partial charge in [0, 0.05) is 16.7 Å². The maximum Gasteiger partial charge on any atom is 0.312 e. The Kier molecular flexibility index (Phi) is 6.44. The number of carboxylic acid groups (broad SMARTS) is 1. The first-order chi connectivity index (χ1) is 11.5. The number of aliphatic carboxylic acids is 1. The molecule has 0 fully saturated rings. The molecular formula is C19H21NO3S. The SMILES string of the molecule is CC(C)Sc1ccccc1C(=O)NCC(C(=O)O)c1ccccc1. The van der Waals surface area contributed by atoms with E-state index >= 15 is 0 Å². The van der Waals surface area contributed by atoms with Crippen molar-refractivity contribution in [3.05, 3.63) is 65.7 Å². The second-order valence-corrected chi connectivity index (χ2v) is 7.29. The van der Waals surface area contributed by atoms with Crippen LogP contribution in [0.2, 0.25) is 0 Å². The van der Waals surface area contributed by atoms with E-state index in [1.807, 2.05) is 24.3 Å². The summed E-state index contributed by atoms with van der Waals surface area (Å²) in [7, 11) is 0. The van der Waals surface area contributed by atoms with Gasteiger partial charge < -0.3 is 10.4 Å². The third-order valence-corrected chi connectivity index (χ3v) is 4.54. The minimum atomic E-state index is -0.952. The van der Waals surface area contributed by atoms with Gasteiger partial charge in [0.15, 0.2) is 0 Å². The van der Waals surface area contributed by atoms with Gasteiger partial charge >= 0.3 is 5.97 Å². The fourth-order valence-electron chi connectivity index (χ4n) is 2.33. The van der Waals surface area contributed by atoms with E-state index in [4.69, 9.17) is 0 Å². The van der Waals surface area contributed by atoms with Crippen LogP contribution in [0, 0.1) is 0 Å². The highest BCUT2D eigenvalue weighted by atomic mass is 32.2. The van der Waals surface area contributed by atoms with Crippen molar-refractivity contribution in [2.75, 3.05) is 6.54 Å². The van der Waals surface area contributed by atoms with Crippen LogP contribution >= 0.6 is 11.8 Å². The van der Waals surface area contributed by atoms with Crippen LogP contribution in [0.25, 0.3) is 0 Å². The summed E-state index contributed by atoms with van der Waals surface area (Å²) in [6.45, 7) is 4.18. The molecule has 1 unspecified atom stereocenters. The number of benzene rings is 2. The van der Waals surface area contributed by atoms with Crippen LogP contribution in [0.3, 0.4) is 0 Å². The predicted molar refractivity (Wildman–Crippen MR) is 96.6 cm³/mol. The van der Waals surface area contributed by atoms with E-state index in [-0.39, 0.29) is 12.5 Å². The highest BCUT2D eigenvalue weighted by Gasteiger charge is 2.21. The molecular weight excluding hydrogens is 322 g/mol. The molecule has 1 atom stereocenters. The van der Waals surface area contributed by atoms with E-state index in [1.165, 1.54) is 0 Å². The lowest BCUT2D eigenvalue weighted by Crippen LogP contribution is -2.32.